The highest BCUT2D eigenvalue weighted by Crippen LogP contribution is 2.36. The van der Waals surface area contributed by atoms with Gasteiger partial charge in [-0.1, -0.05) is 6.07 Å². The number of likely N-dealkylation sites (tertiary alicyclic amines) is 1. The van der Waals surface area contributed by atoms with E-state index in [2.05, 4.69) is 57.1 Å². The molecule has 4 heterocycles. The third kappa shape index (κ3) is 6.29. The lowest BCUT2D eigenvalue weighted by Crippen LogP contribution is -2.44. The van der Waals surface area contributed by atoms with Gasteiger partial charge in [0.2, 0.25) is 0 Å². The zero-order valence-electron chi connectivity index (χ0n) is 18.6. The van der Waals surface area contributed by atoms with Crippen LogP contribution >= 0.6 is 35.3 Å². The van der Waals surface area contributed by atoms with Gasteiger partial charge in [-0.05, 0) is 74.5 Å². The number of piperidine rings is 1. The number of hydrogen-bond donors (Lipinski definition) is 2. The first-order valence-electron chi connectivity index (χ1n) is 11.0. The number of pyridine rings is 1. The van der Waals surface area contributed by atoms with Crippen LogP contribution < -0.4 is 10.6 Å². The second kappa shape index (κ2) is 12.3. The maximum atomic E-state index is 4.82. The van der Waals surface area contributed by atoms with Crippen molar-refractivity contribution in [1.29, 1.82) is 0 Å². The molecule has 9 heteroatoms. The Balaban J connectivity index is 0.00000289. The van der Waals surface area contributed by atoms with Crippen LogP contribution in [0.3, 0.4) is 0 Å². The Bertz CT molecular complexity index is 959. The summed E-state index contributed by atoms with van der Waals surface area (Å²) in [5.41, 5.74) is 1.10. The van der Waals surface area contributed by atoms with E-state index in [1.807, 2.05) is 41.9 Å². The van der Waals surface area contributed by atoms with Gasteiger partial charge in [0, 0.05) is 42.6 Å². The summed E-state index contributed by atoms with van der Waals surface area (Å²) < 4.78 is 1.76. The average molecular weight is 566 g/mol. The molecule has 2 N–H and O–H groups in total. The van der Waals surface area contributed by atoms with Crippen LogP contribution in [0.5, 0.6) is 0 Å². The average Bonchev–Trinajstić information content (AvgIpc) is 3.50. The molecule has 0 bridgehead atoms. The van der Waals surface area contributed by atoms with Crippen LogP contribution in [0.2, 0.25) is 0 Å². The highest BCUT2D eigenvalue weighted by atomic mass is 127. The van der Waals surface area contributed by atoms with E-state index in [1.54, 1.807) is 10.9 Å². The molecular weight excluding hydrogens is 533 g/mol. The topological polar surface area (TPSA) is 70.4 Å². The van der Waals surface area contributed by atoms with Gasteiger partial charge in [-0.2, -0.15) is 5.10 Å². The molecule has 32 heavy (non-hydrogen) atoms. The molecule has 0 saturated carbocycles. The number of nitrogens with zero attached hydrogens (tertiary/aromatic N) is 5. The van der Waals surface area contributed by atoms with Crippen LogP contribution in [0, 0.1) is 5.92 Å². The Labute approximate surface area is 211 Å². The molecule has 0 radical (unpaired) electrons. The lowest BCUT2D eigenvalue weighted by Gasteiger charge is -2.39. The number of halogens is 1. The third-order valence-electron chi connectivity index (χ3n) is 5.69. The molecule has 4 rings (SSSR count). The van der Waals surface area contributed by atoms with Gasteiger partial charge in [0.25, 0.3) is 0 Å². The monoisotopic (exact) mass is 565 g/mol. The summed E-state index contributed by atoms with van der Waals surface area (Å²) in [5.74, 6) is 2.23. The number of hydrogen-bond acceptors (Lipinski definition) is 5. The number of rotatable bonds is 7. The number of aromatic nitrogens is 3. The van der Waals surface area contributed by atoms with Crippen molar-refractivity contribution < 1.29 is 0 Å². The van der Waals surface area contributed by atoms with Crippen LogP contribution in [0.1, 0.15) is 36.2 Å². The molecule has 1 saturated heterocycles. The SMILES string of the molecule is CCNC(=NCc1ccnc(-n2cccn2)c1)NCC1CCCN(C)C1c1cccs1.I. The largest absolute Gasteiger partial charge is 0.357 e. The van der Waals surface area contributed by atoms with E-state index in [9.17, 15) is 0 Å². The Morgan fingerprint density at radius 1 is 1.25 bits per heavy atom. The molecule has 3 aromatic rings. The second-order valence-electron chi connectivity index (χ2n) is 7.89. The molecule has 1 aliphatic rings. The van der Waals surface area contributed by atoms with Gasteiger partial charge < -0.3 is 10.6 Å². The van der Waals surface area contributed by atoms with Gasteiger partial charge in [0.05, 0.1) is 6.54 Å². The molecule has 1 fully saturated rings. The zero-order valence-corrected chi connectivity index (χ0v) is 21.8. The molecule has 2 atom stereocenters. The number of aliphatic imine (C=N–C) groups is 1. The fourth-order valence-corrected chi connectivity index (χ4v) is 5.19. The first-order valence-corrected chi connectivity index (χ1v) is 11.8. The van der Waals surface area contributed by atoms with Gasteiger partial charge in [-0.25, -0.2) is 14.7 Å². The minimum Gasteiger partial charge on any atom is -0.357 e. The molecule has 0 aromatic carbocycles. The van der Waals surface area contributed by atoms with Gasteiger partial charge in [-0.3, -0.25) is 4.90 Å². The molecule has 0 amide bonds. The Kier molecular flexibility index (Phi) is 9.49. The highest BCUT2D eigenvalue weighted by Gasteiger charge is 2.31. The fraction of sp³-hybridized carbons (Fsp3) is 0.435. The van der Waals surface area contributed by atoms with Crippen LogP contribution in [-0.2, 0) is 6.54 Å². The van der Waals surface area contributed by atoms with Crippen molar-refractivity contribution in [3.63, 3.8) is 0 Å². The minimum absolute atomic E-state index is 0. The van der Waals surface area contributed by atoms with Crippen molar-refractivity contribution in [3.05, 3.63) is 64.7 Å². The summed E-state index contributed by atoms with van der Waals surface area (Å²) >= 11 is 1.86. The lowest BCUT2D eigenvalue weighted by molar-refractivity contribution is 0.125. The number of guanidine groups is 1. The van der Waals surface area contributed by atoms with Crippen molar-refractivity contribution in [2.24, 2.45) is 10.9 Å². The summed E-state index contributed by atoms with van der Waals surface area (Å²) in [7, 11) is 2.25. The summed E-state index contributed by atoms with van der Waals surface area (Å²) in [4.78, 5) is 13.2. The van der Waals surface area contributed by atoms with Crippen LogP contribution in [0.25, 0.3) is 5.82 Å². The third-order valence-corrected chi connectivity index (χ3v) is 6.63. The van der Waals surface area contributed by atoms with Crippen LogP contribution in [-0.4, -0.2) is 52.3 Å². The molecular formula is C23H32IN7S. The van der Waals surface area contributed by atoms with Crippen molar-refractivity contribution in [2.75, 3.05) is 26.7 Å². The van der Waals surface area contributed by atoms with E-state index in [4.69, 9.17) is 4.99 Å². The van der Waals surface area contributed by atoms with E-state index in [0.29, 0.717) is 18.5 Å². The van der Waals surface area contributed by atoms with E-state index in [0.717, 1.165) is 37.0 Å². The van der Waals surface area contributed by atoms with E-state index >= 15 is 0 Å². The van der Waals surface area contributed by atoms with Crippen molar-refractivity contribution >= 4 is 41.3 Å². The first-order chi connectivity index (χ1) is 15.2. The Hall–Kier alpha value is -1.98. The van der Waals surface area contributed by atoms with E-state index < -0.39 is 0 Å². The molecule has 7 nitrogen and oxygen atoms in total. The van der Waals surface area contributed by atoms with Crippen LogP contribution in [0.4, 0.5) is 0 Å². The normalized spacial score (nSPS) is 19.4. The predicted molar refractivity (Wildman–Crippen MR) is 142 cm³/mol. The standard InChI is InChI=1S/C23H31N7S.HI/c1-3-24-23(26-16-18-9-11-25-21(15-18)30-13-6-10-28-30)27-17-19-7-4-12-29(2)22(19)20-8-5-14-31-20;/h5-6,8-11,13-15,19,22H,3-4,7,12,16-17H2,1-2H3,(H2,24,26,27);1H. The maximum absolute atomic E-state index is 4.82. The molecule has 0 spiro atoms. The number of nitrogens with one attached hydrogen (secondary N) is 2. The van der Waals surface area contributed by atoms with E-state index in [-0.39, 0.29) is 24.0 Å². The molecule has 0 aliphatic carbocycles. The smallest absolute Gasteiger partial charge is 0.191 e. The lowest BCUT2D eigenvalue weighted by atomic mass is 9.88. The van der Waals surface area contributed by atoms with Gasteiger partial charge in [0.1, 0.15) is 0 Å². The first kappa shape index (κ1) is 24.7. The zero-order chi connectivity index (χ0) is 21.5. The molecule has 1 aliphatic heterocycles. The minimum atomic E-state index is 0. The van der Waals surface area contributed by atoms with Crippen molar-refractivity contribution in [2.45, 2.75) is 32.4 Å². The predicted octanol–water partition coefficient (Wildman–Crippen LogP) is 4.09. The molecule has 3 aromatic heterocycles. The fourth-order valence-electron chi connectivity index (χ4n) is 4.21. The maximum Gasteiger partial charge on any atom is 0.191 e. The summed E-state index contributed by atoms with van der Waals surface area (Å²) in [6.45, 7) is 5.59. The quantitative estimate of drug-likeness (QED) is 0.257. The van der Waals surface area contributed by atoms with Gasteiger partial charge >= 0.3 is 0 Å². The molecule has 2 unspecified atom stereocenters. The summed E-state index contributed by atoms with van der Waals surface area (Å²) in [5, 5.41) is 13.4. The highest BCUT2D eigenvalue weighted by molar-refractivity contribution is 14.0. The summed E-state index contributed by atoms with van der Waals surface area (Å²) in [6, 6.07) is 10.8. The van der Waals surface area contributed by atoms with Crippen molar-refractivity contribution in [1.82, 2.24) is 30.3 Å². The summed E-state index contributed by atoms with van der Waals surface area (Å²) in [6.07, 6.45) is 7.94. The Morgan fingerprint density at radius 3 is 2.91 bits per heavy atom. The van der Waals surface area contributed by atoms with E-state index in [1.165, 1.54) is 17.7 Å². The number of thiophene rings is 1. The molecule has 172 valence electrons. The Morgan fingerprint density at radius 2 is 2.16 bits per heavy atom. The van der Waals surface area contributed by atoms with Crippen LogP contribution in [0.15, 0.2) is 59.3 Å². The van der Waals surface area contributed by atoms with Crippen molar-refractivity contribution in [3.8, 4) is 5.82 Å². The van der Waals surface area contributed by atoms with Gasteiger partial charge in [0.15, 0.2) is 11.8 Å². The second-order valence-corrected chi connectivity index (χ2v) is 8.87. The van der Waals surface area contributed by atoms with Gasteiger partial charge in [-0.15, -0.1) is 35.3 Å².